The van der Waals surface area contributed by atoms with Gasteiger partial charge in [-0.05, 0) is 75.2 Å². The van der Waals surface area contributed by atoms with Crippen LogP contribution in [0.3, 0.4) is 0 Å². The molecular weight excluding hydrogens is 372 g/mol. The standard InChI is InChI=1S/C22H26N2O5/c1-14(24(21(26)27)22(2,3)4)20(25)23-17-6-9-18(10-7-17)29-19-8-5-15-12-28-13-16(15)11-19/h5-11,14H,12-13H2,1-4H3,(H,23,25)(H,26,27)/p-1/t14-/m1/s1. The molecule has 1 heterocycles. The van der Waals surface area contributed by atoms with Gasteiger partial charge in [0.15, 0.2) is 0 Å². The summed E-state index contributed by atoms with van der Waals surface area (Å²) in [6.07, 6.45) is -1.39. The van der Waals surface area contributed by atoms with Crippen LogP contribution in [0.2, 0.25) is 0 Å². The first-order valence-electron chi connectivity index (χ1n) is 9.44. The zero-order valence-corrected chi connectivity index (χ0v) is 17.0. The highest BCUT2D eigenvalue weighted by molar-refractivity contribution is 5.96. The van der Waals surface area contributed by atoms with Crippen LogP contribution in [0, 0.1) is 0 Å². The Balaban J connectivity index is 1.64. The molecule has 2 aromatic rings. The molecule has 0 aliphatic carbocycles. The molecule has 7 nitrogen and oxygen atoms in total. The van der Waals surface area contributed by atoms with Crippen molar-refractivity contribution >= 4 is 17.7 Å². The number of carbonyl (C=O) groups is 2. The predicted molar refractivity (Wildman–Crippen MR) is 107 cm³/mol. The Kier molecular flexibility index (Phi) is 5.79. The van der Waals surface area contributed by atoms with Crippen LogP contribution in [0.1, 0.15) is 38.8 Å². The Morgan fingerprint density at radius 1 is 1.07 bits per heavy atom. The molecule has 0 fully saturated rings. The lowest BCUT2D eigenvalue weighted by molar-refractivity contribution is -0.272. The largest absolute Gasteiger partial charge is 0.530 e. The van der Waals surface area contributed by atoms with E-state index in [1.54, 1.807) is 45.0 Å². The second-order valence-corrected chi connectivity index (χ2v) is 8.02. The summed E-state index contributed by atoms with van der Waals surface area (Å²) < 4.78 is 11.3. The van der Waals surface area contributed by atoms with Crippen molar-refractivity contribution in [3.8, 4) is 11.5 Å². The smallest absolute Gasteiger partial charge is 0.246 e. The van der Waals surface area contributed by atoms with E-state index in [-0.39, 0.29) is 0 Å². The van der Waals surface area contributed by atoms with Crippen LogP contribution in [-0.4, -0.2) is 28.5 Å². The van der Waals surface area contributed by atoms with Crippen molar-refractivity contribution in [2.75, 3.05) is 5.32 Å². The molecule has 7 heteroatoms. The number of fused-ring (bicyclic) bond motifs is 1. The fourth-order valence-electron chi connectivity index (χ4n) is 3.33. The van der Waals surface area contributed by atoms with E-state index in [1.165, 1.54) is 12.5 Å². The lowest BCUT2D eigenvalue weighted by Crippen LogP contribution is -2.58. The fraction of sp³-hybridized carbons (Fsp3) is 0.364. The van der Waals surface area contributed by atoms with E-state index in [9.17, 15) is 14.7 Å². The average Bonchev–Trinajstić information content (AvgIpc) is 3.09. The molecule has 1 aliphatic heterocycles. The summed E-state index contributed by atoms with van der Waals surface area (Å²) in [6, 6.07) is 11.8. The minimum Gasteiger partial charge on any atom is -0.530 e. The summed E-state index contributed by atoms with van der Waals surface area (Å²) >= 11 is 0. The molecule has 0 aromatic heterocycles. The van der Waals surface area contributed by atoms with Crippen molar-refractivity contribution in [2.24, 2.45) is 0 Å². The number of anilines is 1. The quantitative estimate of drug-likeness (QED) is 0.836. The van der Waals surface area contributed by atoms with Gasteiger partial charge in [-0.15, -0.1) is 0 Å². The van der Waals surface area contributed by atoms with E-state index in [0.717, 1.165) is 16.2 Å². The molecule has 1 N–H and O–H groups in total. The first-order valence-corrected chi connectivity index (χ1v) is 9.44. The van der Waals surface area contributed by atoms with Gasteiger partial charge in [-0.2, -0.15) is 0 Å². The van der Waals surface area contributed by atoms with E-state index >= 15 is 0 Å². The first kappa shape index (κ1) is 20.7. The number of amides is 2. The number of hydrogen-bond donors (Lipinski definition) is 1. The summed E-state index contributed by atoms with van der Waals surface area (Å²) in [6.45, 7) is 7.89. The molecule has 0 saturated carbocycles. The van der Waals surface area contributed by atoms with Crippen molar-refractivity contribution in [3.05, 3.63) is 53.6 Å². The van der Waals surface area contributed by atoms with Crippen LogP contribution in [-0.2, 0) is 22.7 Å². The summed E-state index contributed by atoms with van der Waals surface area (Å²) in [5.74, 6) is 0.909. The molecule has 0 unspecified atom stereocenters. The third kappa shape index (κ3) is 4.86. The van der Waals surface area contributed by atoms with Gasteiger partial charge in [0.1, 0.15) is 23.6 Å². The molecule has 2 aromatic carbocycles. The number of nitrogens with one attached hydrogen (secondary N) is 1. The van der Waals surface area contributed by atoms with E-state index < -0.39 is 23.6 Å². The Hall–Kier alpha value is -3.06. The van der Waals surface area contributed by atoms with Gasteiger partial charge in [-0.25, -0.2) is 0 Å². The van der Waals surface area contributed by atoms with Gasteiger partial charge in [0.2, 0.25) is 5.91 Å². The first-order chi connectivity index (χ1) is 13.6. The monoisotopic (exact) mass is 397 g/mol. The number of carboxylic acid groups (broad SMARTS) is 1. The molecular formula is C22H25N2O5-. The van der Waals surface area contributed by atoms with Gasteiger partial charge in [0, 0.05) is 11.2 Å². The Morgan fingerprint density at radius 3 is 2.31 bits per heavy atom. The van der Waals surface area contributed by atoms with Gasteiger partial charge in [-0.3, -0.25) is 4.79 Å². The van der Waals surface area contributed by atoms with Gasteiger partial charge >= 0.3 is 0 Å². The highest BCUT2D eigenvalue weighted by atomic mass is 16.5. The van der Waals surface area contributed by atoms with E-state index in [1.807, 2.05) is 18.2 Å². The summed E-state index contributed by atoms with van der Waals surface area (Å²) in [5, 5.41) is 14.2. The second-order valence-electron chi connectivity index (χ2n) is 8.02. The Bertz CT molecular complexity index is 902. The van der Waals surface area contributed by atoms with Gasteiger partial charge < -0.3 is 29.6 Å². The molecule has 0 bridgehead atoms. The Labute approximate surface area is 170 Å². The van der Waals surface area contributed by atoms with E-state index in [2.05, 4.69) is 5.32 Å². The van der Waals surface area contributed by atoms with Crippen molar-refractivity contribution in [1.82, 2.24) is 4.90 Å². The maximum atomic E-state index is 12.5. The van der Waals surface area contributed by atoms with Crippen molar-refractivity contribution in [1.29, 1.82) is 0 Å². The topological polar surface area (TPSA) is 90.9 Å². The van der Waals surface area contributed by atoms with Crippen molar-refractivity contribution < 1.29 is 24.2 Å². The molecule has 0 saturated heterocycles. The SMILES string of the molecule is C[C@H](C(=O)Nc1ccc(Oc2ccc3c(c2)COC3)cc1)N(C(=O)[O-])C(C)(C)C. The van der Waals surface area contributed by atoms with Gasteiger partial charge in [-0.1, -0.05) is 6.07 Å². The maximum absolute atomic E-state index is 12.5. The zero-order valence-electron chi connectivity index (χ0n) is 17.0. The highest BCUT2D eigenvalue weighted by Crippen LogP contribution is 2.28. The summed E-state index contributed by atoms with van der Waals surface area (Å²) in [7, 11) is 0. The number of nitrogens with zero attached hydrogens (tertiary/aromatic N) is 1. The van der Waals surface area contributed by atoms with Crippen LogP contribution in [0.4, 0.5) is 10.5 Å². The van der Waals surface area contributed by atoms with Crippen molar-refractivity contribution in [3.63, 3.8) is 0 Å². The number of carbonyl (C=O) groups excluding carboxylic acids is 2. The lowest BCUT2D eigenvalue weighted by Gasteiger charge is -2.41. The van der Waals surface area contributed by atoms with Crippen LogP contribution < -0.4 is 15.2 Å². The summed E-state index contributed by atoms with van der Waals surface area (Å²) in [5.41, 5.74) is 2.08. The van der Waals surface area contributed by atoms with Crippen molar-refractivity contribution in [2.45, 2.75) is 52.5 Å². The highest BCUT2D eigenvalue weighted by Gasteiger charge is 2.30. The summed E-state index contributed by atoms with van der Waals surface area (Å²) in [4.78, 5) is 25.0. The number of hydrogen-bond acceptors (Lipinski definition) is 5. The zero-order chi connectivity index (χ0) is 21.2. The molecule has 2 amide bonds. The van der Waals surface area contributed by atoms with Crippen LogP contribution in [0.5, 0.6) is 11.5 Å². The van der Waals surface area contributed by atoms with Crippen LogP contribution in [0.15, 0.2) is 42.5 Å². The number of rotatable bonds is 5. The fourth-order valence-corrected chi connectivity index (χ4v) is 3.33. The molecule has 0 radical (unpaired) electrons. The Morgan fingerprint density at radius 2 is 1.69 bits per heavy atom. The predicted octanol–water partition coefficient (Wildman–Crippen LogP) is 3.28. The molecule has 1 atom stereocenters. The third-order valence-corrected chi connectivity index (χ3v) is 4.74. The third-order valence-electron chi connectivity index (χ3n) is 4.74. The lowest BCUT2D eigenvalue weighted by atomic mass is 10.0. The van der Waals surface area contributed by atoms with Gasteiger partial charge in [0.25, 0.3) is 0 Å². The molecule has 29 heavy (non-hydrogen) atoms. The van der Waals surface area contributed by atoms with Crippen LogP contribution >= 0.6 is 0 Å². The molecule has 3 rings (SSSR count). The number of benzene rings is 2. The molecule has 154 valence electrons. The minimum absolute atomic E-state index is 0.434. The van der Waals surface area contributed by atoms with E-state index in [4.69, 9.17) is 9.47 Å². The van der Waals surface area contributed by atoms with Crippen LogP contribution in [0.25, 0.3) is 0 Å². The minimum atomic E-state index is -1.39. The number of ether oxygens (including phenoxy) is 2. The molecule has 0 spiro atoms. The molecule has 1 aliphatic rings. The average molecular weight is 397 g/mol. The van der Waals surface area contributed by atoms with E-state index in [0.29, 0.717) is 24.7 Å². The maximum Gasteiger partial charge on any atom is 0.246 e. The van der Waals surface area contributed by atoms with Gasteiger partial charge in [0.05, 0.1) is 13.2 Å². The second kappa shape index (κ2) is 8.13. The normalized spacial score (nSPS) is 14.1.